The summed E-state index contributed by atoms with van der Waals surface area (Å²) in [7, 11) is -1.00. The molecular formula is C62H91Br3FN12NaO14. The quantitative estimate of drug-likeness (QED) is 0.00850. The Morgan fingerprint density at radius 3 is 1.46 bits per heavy atom. The standard InChI is InChI=1S/C12H16BrNO3.C12H16N4O3.C11H14N2O3.C11H16N2O2.C10H12O3.C3H6Br2.CH3F.2CH4.N3.Na/c1-3-17-12(16)10-7-11(9(2)15)14(8-10)6-4-5-13;1-3-19-12(18)10-7-11(9(2)17)16(8-10)6-4-5-14-15-13;1-2-16-11(15)8-6-9-10(14)12-4-3-5-13(9)7-8;1-2-15-11(14)9-6-10-7-12-4-3-5-13(10)8-9;1-3-13-10(12)9-5-4-8(6-9)7(2)11;4-2-1-3-5;1-2;;;1-3-2;/h7-8H,3-6H2,1-2H3;7-8H,3-6H2,1-2H3;6-7H,2-5H2,1H3,(H,12,14);6,8,12H,2-5,7H2,1H3;5-6H,3-4H2,1-2H3;1-3H2;1H3;2*1H4;;/q;;;;;;;;;-1;+1/i;;;;;;1D;;;;. The Morgan fingerprint density at radius 2 is 1.04 bits per heavy atom. The number of ketones is 3. The van der Waals surface area contributed by atoms with Gasteiger partial charge >= 0.3 is 59.4 Å². The number of aryl methyl sites for hydroxylation is 4. The molecule has 0 unspecified atom stereocenters. The number of halogens is 4. The number of rotatable bonds is 22. The van der Waals surface area contributed by atoms with E-state index in [-0.39, 0.29) is 98.2 Å². The number of nitrogens with zero attached hydrogens (tertiary/aromatic N) is 10. The topological polar surface area (TPSA) is 351 Å². The van der Waals surface area contributed by atoms with Gasteiger partial charge in [-0.25, -0.2) is 24.0 Å². The number of carbonyl (C=O) groups excluding carboxylic acids is 9. The van der Waals surface area contributed by atoms with Gasteiger partial charge in [0.1, 0.15) is 5.69 Å². The molecule has 7 rings (SSSR count). The number of alkyl halides is 4. The summed E-state index contributed by atoms with van der Waals surface area (Å²) in [6.07, 6.45) is 15.4. The molecule has 0 fully saturated rings. The van der Waals surface area contributed by atoms with Crippen LogP contribution in [-0.2, 0) is 66.0 Å². The van der Waals surface area contributed by atoms with Crippen LogP contribution in [0.1, 0.15) is 189 Å². The summed E-state index contributed by atoms with van der Waals surface area (Å²) in [5.74, 6) is -2.07. The zero-order valence-electron chi connectivity index (χ0n) is 54.2. The van der Waals surface area contributed by atoms with E-state index in [0.717, 1.165) is 67.1 Å². The van der Waals surface area contributed by atoms with Crippen LogP contribution in [0.25, 0.3) is 26.4 Å². The fourth-order valence-corrected chi connectivity index (χ4v) is 9.55. The van der Waals surface area contributed by atoms with E-state index in [1.165, 1.54) is 38.2 Å². The smallest absolute Gasteiger partial charge is 0.462 e. The van der Waals surface area contributed by atoms with Crippen LogP contribution in [0.2, 0.25) is 0 Å². The average Bonchev–Trinajstić information content (AvgIpc) is 1.73. The van der Waals surface area contributed by atoms with E-state index in [1.54, 1.807) is 84.3 Å². The van der Waals surface area contributed by atoms with Gasteiger partial charge in [0.25, 0.3) is 5.91 Å². The van der Waals surface area contributed by atoms with Gasteiger partial charge in [0.15, 0.2) is 17.3 Å². The van der Waals surface area contributed by atoms with Gasteiger partial charge in [-0.3, -0.25) is 28.5 Å². The molecule has 2 aliphatic heterocycles. The Balaban J connectivity index is -0.000000515. The Kier molecular flexibility index (Phi) is 54.3. The minimum absolute atomic E-state index is 0. The van der Waals surface area contributed by atoms with E-state index in [2.05, 4.69) is 73.0 Å². The number of Topliss-reactive ketones (excluding diaryl/α,β-unsaturated/α-hetero) is 3. The molecule has 4 aromatic heterocycles. The van der Waals surface area contributed by atoms with Crippen molar-refractivity contribution in [2.24, 2.45) is 5.11 Å². The Hall–Kier alpha value is -6.62. The SMILES string of the molecule is BrCCCBr.C.C.CCOC(=O)C1=CCC(C(C)=O)=C1.CCOC(=O)c1cc(C(C)=O)n(CCCBr)c1.CCOC(=O)c1cc(C(C)=O)n(CCCN=[N+]=[N-])c1.CCOC(=O)c1cc2n(c1)CCCNC2.CCOC(=O)c1cc2n(c1)CCCNC2=O.[2H]CF.[N-]=[N+]=[N-].[Na+]. The molecule has 2 N–H and O–H groups in total. The molecular weight excluding hydrogens is 1420 g/mol. The molecule has 512 valence electrons. The van der Waals surface area contributed by atoms with Crippen molar-refractivity contribution in [2.45, 2.75) is 141 Å². The summed E-state index contributed by atoms with van der Waals surface area (Å²) in [6.45, 7) is 20.8. The van der Waals surface area contributed by atoms with Crippen LogP contribution in [0.5, 0.6) is 0 Å². The third-order valence-electron chi connectivity index (χ3n) is 11.9. The average molecular weight is 1510 g/mol. The van der Waals surface area contributed by atoms with E-state index < -0.39 is 13.1 Å². The molecule has 93 heavy (non-hydrogen) atoms. The number of hydrogen-bond acceptors (Lipinski definition) is 16. The van der Waals surface area contributed by atoms with Crippen LogP contribution in [-0.4, -0.2) is 147 Å². The molecule has 1 aliphatic carbocycles. The number of nitrogens with one attached hydrogen (secondary N) is 2. The summed E-state index contributed by atoms with van der Waals surface area (Å²) in [5, 5.41) is 12.6. The summed E-state index contributed by atoms with van der Waals surface area (Å²) in [4.78, 5) is 107. The molecule has 31 heteroatoms. The first-order valence-corrected chi connectivity index (χ1v) is 32.1. The van der Waals surface area contributed by atoms with Gasteiger partial charge in [-0.1, -0.05) is 73.8 Å². The third-order valence-corrected chi connectivity index (χ3v) is 13.6. The molecule has 4 aromatic rings. The number of fused-ring (bicyclic) bond motifs is 2. The number of allylic oxidation sites excluding steroid dienone is 2. The van der Waals surface area contributed by atoms with Gasteiger partial charge in [0.05, 0.1) is 80.8 Å². The summed E-state index contributed by atoms with van der Waals surface area (Å²) >= 11 is 9.90. The molecule has 0 spiro atoms. The zero-order valence-corrected chi connectivity index (χ0v) is 60.0. The fraction of sp³-hybridized carbons (Fsp3) is 0.532. The van der Waals surface area contributed by atoms with E-state index in [9.17, 15) is 47.5 Å². The maximum atomic E-state index is 11.6. The molecule has 0 bridgehead atoms. The first-order valence-electron chi connectivity index (χ1n) is 29.4. The third kappa shape index (κ3) is 36.0. The summed E-state index contributed by atoms with van der Waals surface area (Å²) in [6, 6.07) is 6.61. The van der Waals surface area contributed by atoms with Crippen LogP contribution in [0.15, 0.2) is 77.5 Å². The van der Waals surface area contributed by atoms with Crippen molar-refractivity contribution in [2.75, 3.05) is 75.8 Å². The minimum Gasteiger partial charge on any atom is -0.462 e. The van der Waals surface area contributed by atoms with E-state index in [4.69, 9.17) is 41.6 Å². The molecule has 26 nitrogen and oxygen atoms in total. The van der Waals surface area contributed by atoms with Crippen molar-refractivity contribution >= 4 is 101 Å². The van der Waals surface area contributed by atoms with Crippen LogP contribution in [0.3, 0.4) is 0 Å². The molecule has 0 aromatic carbocycles. The van der Waals surface area contributed by atoms with E-state index in [1.807, 2.05) is 19.2 Å². The number of amides is 1. The first-order chi connectivity index (χ1) is 43.6. The van der Waals surface area contributed by atoms with Gasteiger partial charge in [-0.2, -0.15) is 0 Å². The van der Waals surface area contributed by atoms with Gasteiger partial charge < -0.3 is 63.6 Å². The number of aromatic nitrogens is 4. The molecule has 0 atom stereocenters. The maximum Gasteiger partial charge on any atom is 1.00 e. The zero-order chi connectivity index (χ0) is 68.7. The molecule has 6 heterocycles. The summed E-state index contributed by atoms with van der Waals surface area (Å²) < 4.78 is 47.4. The monoisotopic (exact) mass is 1510 g/mol. The van der Waals surface area contributed by atoms with Crippen molar-refractivity contribution < 1.29 is 102 Å². The number of hydrogen-bond donors (Lipinski definition) is 2. The van der Waals surface area contributed by atoms with Gasteiger partial charge in [0.2, 0.25) is 0 Å². The number of carbonyl (C=O) groups is 9. The fourth-order valence-electron chi connectivity index (χ4n) is 7.99. The molecule has 0 radical (unpaired) electrons. The second-order valence-corrected chi connectivity index (χ2v) is 20.8. The van der Waals surface area contributed by atoms with Crippen molar-refractivity contribution in [3.8, 4) is 0 Å². The molecule has 3 aliphatic rings. The molecule has 0 saturated heterocycles. The predicted octanol–water partition coefficient (Wildman–Crippen LogP) is 10.5. The number of ether oxygens (including phenoxy) is 5. The second kappa shape index (κ2) is 55.8. The Labute approximate surface area is 593 Å². The van der Waals surface area contributed by atoms with Crippen LogP contribution in [0.4, 0.5) is 4.39 Å². The normalized spacial score (nSPS) is 11.8. The minimum atomic E-state index is -1.00. The van der Waals surface area contributed by atoms with Gasteiger partial charge in [-0.05, 0) is 128 Å². The van der Waals surface area contributed by atoms with Crippen molar-refractivity contribution in [1.29, 1.82) is 0 Å². The molecule has 1 amide bonds. The predicted molar refractivity (Wildman–Crippen MR) is 363 cm³/mol. The maximum absolute atomic E-state index is 11.6. The Bertz CT molecular complexity index is 3090. The van der Waals surface area contributed by atoms with Crippen molar-refractivity contribution in [3.63, 3.8) is 0 Å². The summed E-state index contributed by atoms with van der Waals surface area (Å²) in [5.41, 5.74) is 27.4. The first kappa shape index (κ1) is 90.6. The van der Waals surface area contributed by atoms with E-state index >= 15 is 0 Å². The van der Waals surface area contributed by atoms with Crippen molar-refractivity contribution in [1.82, 2.24) is 28.9 Å². The van der Waals surface area contributed by atoms with E-state index in [0.29, 0.717) is 116 Å². The number of azide groups is 1. The Morgan fingerprint density at radius 1 is 0.624 bits per heavy atom. The van der Waals surface area contributed by atoms with Gasteiger partial charge in [0, 0.05) is 111 Å². The van der Waals surface area contributed by atoms with Crippen molar-refractivity contribution in [3.05, 3.63) is 144 Å². The van der Waals surface area contributed by atoms with Crippen LogP contribution >= 0.6 is 47.8 Å². The largest absolute Gasteiger partial charge is 1.00 e. The second-order valence-electron chi connectivity index (χ2n) is 18.5. The van der Waals surface area contributed by atoms with Gasteiger partial charge in [-0.15, -0.1) is 0 Å². The van der Waals surface area contributed by atoms with Crippen LogP contribution in [0, 0.1) is 0 Å². The molecule has 0 saturated carbocycles. The van der Waals surface area contributed by atoms with Crippen LogP contribution < -0.4 is 40.2 Å². The number of esters is 5.